The number of rotatable bonds is 4. The van der Waals surface area contributed by atoms with Crippen LogP contribution in [0.15, 0.2) is 53.9 Å². The number of hydrogen-bond acceptors (Lipinski definition) is 3. The van der Waals surface area contributed by atoms with E-state index >= 15 is 0 Å². The van der Waals surface area contributed by atoms with Crippen molar-refractivity contribution < 1.29 is 4.79 Å². The summed E-state index contributed by atoms with van der Waals surface area (Å²) < 4.78 is 0. The summed E-state index contributed by atoms with van der Waals surface area (Å²) in [6, 6.07) is 16.3. The van der Waals surface area contributed by atoms with Crippen molar-refractivity contribution in [2.75, 3.05) is 5.32 Å². The maximum atomic E-state index is 12.5. The van der Waals surface area contributed by atoms with Gasteiger partial charge in [0.05, 0.1) is 12.1 Å². The number of aromatic nitrogens is 1. The van der Waals surface area contributed by atoms with E-state index < -0.39 is 0 Å². The molecule has 3 aromatic rings. The van der Waals surface area contributed by atoms with Crippen molar-refractivity contribution in [1.29, 1.82) is 0 Å². The van der Waals surface area contributed by atoms with Crippen molar-refractivity contribution >= 4 is 22.9 Å². The normalized spacial score (nSPS) is 13.3. The van der Waals surface area contributed by atoms with Crippen molar-refractivity contribution in [3.8, 4) is 10.6 Å². The standard InChI is InChI=1S/C21H20N2OS/c24-20(23-19-12-6-10-15-7-4-5-11-18(15)19)13-17-14-25-21(22-17)16-8-2-1-3-9-16/h1-3,6,8-10,12,14H,4-5,7,11,13H2,(H,23,24). The van der Waals surface area contributed by atoms with Crippen LogP contribution in [-0.2, 0) is 24.1 Å². The van der Waals surface area contributed by atoms with E-state index in [-0.39, 0.29) is 5.91 Å². The number of fused-ring (bicyclic) bond motifs is 1. The molecule has 3 nitrogen and oxygen atoms in total. The lowest BCUT2D eigenvalue weighted by atomic mass is 9.90. The van der Waals surface area contributed by atoms with Gasteiger partial charge in [0.2, 0.25) is 5.91 Å². The Hall–Kier alpha value is -2.46. The summed E-state index contributed by atoms with van der Waals surface area (Å²) in [5.41, 5.74) is 5.58. The van der Waals surface area contributed by atoms with Gasteiger partial charge in [-0.15, -0.1) is 11.3 Å². The number of carbonyl (C=O) groups is 1. The highest BCUT2D eigenvalue weighted by Crippen LogP contribution is 2.28. The Kier molecular flexibility index (Phi) is 4.61. The second-order valence-electron chi connectivity index (χ2n) is 6.39. The van der Waals surface area contributed by atoms with E-state index in [1.54, 1.807) is 11.3 Å². The largest absolute Gasteiger partial charge is 0.325 e. The van der Waals surface area contributed by atoms with Crippen molar-refractivity contribution in [2.45, 2.75) is 32.1 Å². The maximum Gasteiger partial charge on any atom is 0.230 e. The minimum absolute atomic E-state index is 0.00360. The molecule has 1 aromatic heterocycles. The number of nitrogens with one attached hydrogen (secondary N) is 1. The van der Waals surface area contributed by atoms with E-state index in [9.17, 15) is 4.79 Å². The number of anilines is 1. The van der Waals surface area contributed by atoms with Gasteiger partial charge in [0.25, 0.3) is 0 Å². The van der Waals surface area contributed by atoms with Gasteiger partial charge >= 0.3 is 0 Å². The lowest BCUT2D eigenvalue weighted by Crippen LogP contribution is -2.17. The minimum atomic E-state index is 0.00360. The third-order valence-corrected chi connectivity index (χ3v) is 5.52. The average Bonchev–Trinajstić information content (AvgIpc) is 3.11. The number of carbonyl (C=O) groups excluding carboxylic acids is 1. The Morgan fingerprint density at radius 1 is 1.04 bits per heavy atom. The molecule has 0 fully saturated rings. The quantitative estimate of drug-likeness (QED) is 0.731. The smallest absolute Gasteiger partial charge is 0.230 e. The molecule has 25 heavy (non-hydrogen) atoms. The van der Waals surface area contributed by atoms with Crippen LogP contribution in [0.3, 0.4) is 0 Å². The van der Waals surface area contributed by atoms with E-state index in [2.05, 4.69) is 16.4 Å². The van der Waals surface area contributed by atoms with Crippen molar-refractivity contribution in [2.24, 2.45) is 0 Å². The fourth-order valence-electron chi connectivity index (χ4n) is 3.36. The van der Waals surface area contributed by atoms with Crippen LogP contribution in [0.1, 0.15) is 29.7 Å². The predicted octanol–water partition coefficient (Wildman–Crippen LogP) is 4.87. The number of hydrogen-bond donors (Lipinski definition) is 1. The molecule has 4 rings (SSSR count). The van der Waals surface area contributed by atoms with E-state index in [0.717, 1.165) is 34.8 Å². The van der Waals surface area contributed by atoms with E-state index in [4.69, 9.17) is 0 Å². The predicted molar refractivity (Wildman–Crippen MR) is 103 cm³/mol. The van der Waals surface area contributed by atoms with Gasteiger partial charge in [-0.2, -0.15) is 0 Å². The summed E-state index contributed by atoms with van der Waals surface area (Å²) in [7, 11) is 0. The van der Waals surface area contributed by atoms with Crippen LogP contribution in [0.4, 0.5) is 5.69 Å². The first-order chi connectivity index (χ1) is 12.3. The summed E-state index contributed by atoms with van der Waals surface area (Å²) in [4.78, 5) is 17.1. The van der Waals surface area contributed by atoms with E-state index in [1.165, 1.54) is 24.0 Å². The zero-order chi connectivity index (χ0) is 17.1. The average molecular weight is 348 g/mol. The number of thiazole rings is 1. The number of aryl methyl sites for hydroxylation is 1. The molecular weight excluding hydrogens is 328 g/mol. The van der Waals surface area contributed by atoms with Gasteiger partial charge in [0.15, 0.2) is 0 Å². The molecule has 1 heterocycles. The molecule has 126 valence electrons. The Morgan fingerprint density at radius 2 is 1.88 bits per heavy atom. The highest BCUT2D eigenvalue weighted by atomic mass is 32.1. The first-order valence-corrected chi connectivity index (χ1v) is 9.58. The van der Waals surface area contributed by atoms with E-state index in [0.29, 0.717) is 6.42 Å². The zero-order valence-corrected chi connectivity index (χ0v) is 14.8. The minimum Gasteiger partial charge on any atom is -0.325 e. The molecule has 0 atom stereocenters. The van der Waals surface area contributed by atoms with Gasteiger partial charge in [-0.05, 0) is 42.9 Å². The summed E-state index contributed by atoms with van der Waals surface area (Å²) in [6.07, 6.45) is 4.93. The number of amides is 1. The molecule has 1 aliphatic rings. The summed E-state index contributed by atoms with van der Waals surface area (Å²) in [5, 5.41) is 6.03. The number of nitrogens with zero attached hydrogens (tertiary/aromatic N) is 1. The van der Waals surface area contributed by atoms with Gasteiger partial charge in [0, 0.05) is 16.6 Å². The molecule has 0 saturated carbocycles. The van der Waals surface area contributed by atoms with Crippen LogP contribution in [0.2, 0.25) is 0 Å². The molecule has 1 aliphatic carbocycles. The summed E-state index contributed by atoms with van der Waals surface area (Å²) in [6.45, 7) is 0. The Balaban J connectivity index is 1.46. The van der Waals surface area contributed by atoms with Crippen molar-refractivity contribution in [1.82, 2.24) is 4.98 Å². The molecule has 0 bridgehead atoms. The van der Waals surface area contributed by atoms with Crippen LogP contribution in [0.25, 0.3) is 10.6 Å². The van der Waals surface area contributed by atoms with Crippen LogP contribution in [-0.4, -0.2) is 10.9 Å². The maximum absolute atomic E-state index is 12.5. The summed E-state index contributed by atoms with van der Waals surface area (Å²) >= 11 is 1.58. The lowest BCUT2D eigenvalue weighted by Gasteiger charge is -2.19. The van der Waals surface area contributed by atoms with Crippen LogP contribution < -0.4 is 5.32 Å². The van der Waals surface area contributed by atoms with Gasteiger partial charge in [-0.1, -0.05) is 42.5 Å². The molecule has 1 amide bonds. The van der Waals surface area contributed by atoms with Gasteiger partial charge in [0.1, 0.15) is 5.01 Å². The molecule has 4 heteroatoms. The Bertz CT molecular complexity index is 886. The second kappa shape index (κ2) is 7.19. The van der Waals surface area contributed by atoms with Crippen LogP contribution in [0, 0.1) is 0 Å². The third-order valence-electron chi connectivity index (χ3n) is 4.58. The fourth-order valence-corrected chi connectivity index (χ4v) is 4.18. The van der Waals surface area contributed by atoms with Gasteiger partial charge < -0.3 is 5.32 Å². The van der Waals surface area contributed by atoms with Crippen LogP contribution >= 0.6 is 11.3 Å². The molecule has 0 saturated heterocycles. The highest BCUT2D eigenvalue weighted by molar-refractivity contribution is 7.13. The Labute approximate surface area is 151 Å². The van der Waals surface area contributed by atoms with Crippen molar-refractivity contribution in [3.63, 3.8) is 0 Å². The molecular formula is C21H20N2OS. The Morgan fingerprint density at radius 3 is 2.76 bits per heavy atom. The highest BCUT2D eigenvalue weighted by Gasteiger charge is 2.15. The van der Waals surface area contributed by atoms with Gasteiger partial charge in [-0.3, -0.25) is 4.79 Å². The van der Waals surface area contributed by atoms with Gasteiger partial charge in [-0.25, -0.2) is 4.98 Å². The second-order valence-corrected chi connectivity index (χ2v) is 7.24. The molecule has 0 spiro atoms. The number of benzene rings is 2. The van der Waals surface area contributed by atoms with Crippen LogP contribution in [0.5, 0.6) is 0 Å². The SMILES string of the molecule is O=C(Cc1csc(-c2ccccc2)n1)Nc1cccc2c1CCCC2. The van der Waals surface area contributed by atoms with E-state index in [1.807, 2.05) is 47.8 Å². The first-order valence-electron chi connectivity index (χ1n) is 8.70. The lowest BCUT2D eigenvalue weighted by molar-refractivity contribution is -0.115. The fraction of sp³-hybridized carbons (Fsp3) is 0.238. The molecule has 0 unspecified atom stereocenters. The zero-order valence-electron chi connectivity index (χ0n) is 14.0. The first kappa shape index (κ1) is 16.0. The molecule has 1 N–H and O–H groups in total. The molecule has 0 aliphatic heterocycles. The van der Waals surface area contributed by atoms with Crippen molar-refractivity contribution in [3.05, 3.63) is 70.7 Å². The third kappa shape index (κ3) is 3.64. The monoisotopic (exact) mass is 348 g/mol. The molecule has 2 aromatic carbocycles. The topological polar surface area (TPSA) is 42.0 Å². The summed E-state index contributed by atoms with van der Waals surface area (Å²) in [5.74, 6) is 0.00360. The molecule has 0 radical (unpaired) electrons.